The van der Waals surface area contributed by atoms with Crippen molar-refractivity contribution < 1.29 is 4.74 Å². The van der Waals surface area contributed by atoms with Gasteiger partial charge in [-0.05, 0) is 42.3 Å². The second kappa shape index (κ2) is 7.27. The average Bonchev–Trinajstić information content (AvgIpc) is 2.48. The van der Waals surface area contributed by atoms with Crippen LogP contribution < -0.4 is 10.1 Å². The lowest BCUT2D eigenvalue weighted by Crippen LogP contribution is -2.13. The Morgan fingerprint density at radius 3 is 2.75 bits per heavy atom. The number of aromatic nitrogens is 1. The van der Waals surface area contributed by atoms with Crippen molar-refractivity contribution in [1.82, 2.24) is 10.3 Å². The lowest BCUT2D eigenvalue weighted by atomic mass is 10.2. The Morgan fingerprint density at radius 1 is 1.20 bits per heavy atom. The molecular formula is C16H17N3O. The first kappa shape index (κ1) is 14.0. The van der Waals surface area contributed by atoms with Crippen molar-refractivity contribution in [2.75, 3.05) is 6.61 Å². The average molecular weight is 267 g/mol. The Hall–Kier alpha value is -2.38. The summed E-state index contributed by atoms with van der Waals surface area (Å²) in [5, 5.41) is 12.1. The first-order valence-electron chi connectivity index (χ1n) is 6.59. The quantitative estimate of drug-likeness (QED) is 0.874. The summed E-state index contributed by atoms with van der Waals surface area (Å²) in [5.41, 5.74) is 2.67. The van der Waals surface area contributed by atoms with Crippen molar-refractivity contribution >= 4 is 0 Å². The molecule has 0 radical (unpaired) electrons. The summed E-state index contributed by atoms with van der Waals surface area (Å²) in [7, 11) is 0. The van der Waals surface area contributed by atoms with E-state index in [0.717, 1.165) is 17.9 Å². The maximum absolute atomic E-state index is 8.80. The fourth-order valence-corrected chi connectivity index (χ4v) is 1.91. The summed E-state index contributed by atoms with van der Waals surface area (Å²) in [6, 6.07) is 13.8. The van der Waals surface area contributed by atoms with Crippen LogP contribution in [0, 0.1) is 11.3 Å². The van der Waals surface area contributed by atoms with Gasteiger partial charge in [-0.15, -0.1) is 0 Å². The first-order chi connectivity index (χ1) is 9.81. The van der Waals surface area contributed by atoms with E-state index >= 15 is 0 Å². The lowest BCUT2D eigenvalue weighted by molar-refractivity contribution is 0.340. The van der Waals surface area contributed by atoms with Gasteiger partial charge >= 0.3 is 0 Å². The highest BCUT2D eigenvalue weighted by Crippen LogP contribution is 2.13. The normalized spacial score (nSPS) is 10.0. The van der Waals surface area contributed by atoms with Crippen molar-refractivity contribution in [2.24, 2.45) is 0 Å². The minimum absolute atomic E-state index is 0.447. The third kappa shape index (κ3) is 4.08. The van der Waals surface area contributed by atoms with E-state index in [9.17, 15) is 0 Å². The highest BCUT2D eigenvalue weighted by molar-refractivity contribution is 5.29. The molecule has 0 aliphatic carbocycles. The molecule has 20 heavy (non-hydrogen) atoms. The van der Waals surface area contributed by atoms with E-state index < -0.39 is 0 Å². The second-order valence-electron chi connectivity index (χ2n) is 4.35. The number of nitriles is 1. The monoisotopic (exact) mass is 267 g/mol. The fourth-order valence-electron chi connectivity index (χ4n) is 1.91. The molecule has 1 heterocycles. The summed E-state index contributed by atoms with van der Waals surface area (Å²) in [6.07, 6.45) is 1.66. The Bertz CT molecular complexity index is 605. The van der Waals surface area contributed by atoms with E-state index in [1.807, 2.05) is 37.3 Å². The van der Waals surface area contributed by atoms with Gasteiger partial charge in [0.25, 0.3) is 0 Å². The number of hydrogen-bond donors (Lipinski definition) is 1. The zero-order chi connectivity index (χ0) is 14.2. The van der Waals surface area contributed by atoms with Crippen LogP contribution in [0.15, 0.2) is 42.6 Å². The molecule has 0 unspecified atom stereocenters. The SMILES string of the molecule is CCOc1cccc(CNCc2ccnc(C#N)c2)c1. The Balaban J connectivity index is 1.89. The van der Waals surface area contributed by atoms with E-state index in [0.29, 0.717) is 18.8 Å². The van der Waals surface area contributed by atoms with Crippen molar-refractivity contribution in [3.63, 3.8) is 0 Å². The van der Waals surface area contributed by atoms with Crippen LogP contribution in [0.3, 0.4) is 0 Å². The van der Waals surface area contributed by atoms with E-state index in [4.69, 9.17) is 10.00 Å². The molecule has 1 aromatic heterocycles. The van der Waals surface area contributed by atoms with Crippen LogP contribution in [0.1, 0.15) is 23.7 Å². The molecule has 4 heteroatoms. The molecule has 0 aliphatic heterocycles. The van der Waals surface area contributed by atoms with Gasteiger partial charge in [-0.1, -0.05) is 12.1 Å². The number of hydrogen-bond acceptors (Lipinski definition) is 4. The molecule has 0 aliphatic rings. The van der Waals surface area contributed by atoms with Crippen molar-refractivity contribution in [2.45, 2.75) is 20.0 Å². The largest absolute Gasteiger partial charge is 0.494 e. The summed E-state index contributed by atoms with van der Waals surface area (Å²) in [6.45, 7) is 4.10. The number of ether oxygens (including phenoxy) is 1. The van der Waals surface area contributed by atoms with Crippen LogP contribution in [0.5, 0.6) is 5.75 Å². The molecule has 0 saturated carbocycles. The van der Waals surface area contributed by atoms with E-state index in [1.165, 1.54) is 5.56 Å². The van der Waals surface area contributed by atoms with Crippen LogP contribution in [0.2, 0.25) is 0 Å². The van der Waals surface area contributed by atoms with Gasteiger partial charge in [0.15, 0.2) is 0 Å². The van der Waals surface area contributed by atoms with Gasteiger partial charge in [0.05, 0.1) is 6.61 Å². The molecule has 0 fully saturated rings. The van der Waals surface area contributed by atoms with E-state index in [2.05, 4.69) is 16.4 Å². The van der Waals surface area contributed by atoms with Crippen molar-refractivity contribution in [1.29, 1.82) is 5.26 Å². The van der Waals surface area contributed by atoms with Gasteiger partial charge < -0.3 is 10.1 Å². The summed E-state index contributed by atoms with van der Waals surface area (Å²) in [4.78, 5) is 3.95. The molecule has 0 atom stereocenters. The highest BCUT2D eigenvalue weighted by atomic mass is 16.5. The molecule has 0 amide bonds. The third-order valence-corrected chi connectivity index (χ3v) is 2.81. The molecule has 0 saturated heterocycles. The fraction of sp³-hybridized carbons (Fsp3) is 0.250. The standard InChI is InChI=1S/C16H17N3O/c1-2-20-16-5-3-4-13(9-16)11-18-12-14-6-7-19-15(8-14)10-17/h3-9,18H,2,11-12H2,1H3. The zero-order valence-electron chi connectivity index (χ0n) is 11.5. The number of nitrogens with zero attached hydrogens (tertiary/aromatic N) is 2. The van der Waals surface area contributed by atoms with E-state index in [-0.39, 0.29) is 0 Å². The maximum atomic E-state index is 8.80. The molecule has 1 N–H and O–H groups in total. The van der Waals surface area contributed by atoms with Crippen LogP contribution in [0.4, 0.5) is 0 Å². The van der Waals surface area contributed by atoms with Crippen LogP contribution in [-0.4, -0.2) is 11.6 Å². The molecule has 0 bridgehead atoms. The minimum atomic E-state index is 0.447. The van der Waals surface area contributed by atoms with Gasteiger partial charge in [0.2, 0.25) is 0 Å². The number of rotatable bonds is 6. The molecule has 1 aromatic carbocycles. The second-order valence-corrected chi connectivity index (χ2v) is 4.35. The molecule has 0 spiro atoms. The Labute approximate surface area is 119 Å². The number of benzene rings is 1. The predicted octanol–water partition coefficient (Wildman–Crippen LogP) is 2.64. The Morgan fingerprint density at radius 2 is 2.00 bits per heavy atom. The predicted molar refractivity (Wildman–Crippen MR) is 77.1 cm³/mol. The van der Waals surface area contributed by atoms with Gasteiger partial charge in [0.1, 0.15) is 17.5 Å². The Kier molecular flexibility index (Phi) is 5.10. The van der Waals surface area contributed by atoms with Crippen molar-refractivity contribution in [3.05, 3.63) is 59.4 Å². The van der Waals surface area contributed by atoms with Gasteiger partial charge in [0, 0.05) is 19.3 Å². The smallest absolute Gasteiger partial charge is 0.140 e. The molecule has 2 rings (SSSR count). The van der Waals surface area contributed by atoms with Crippen molar-refractivity contribution in [3.8, 4) is 11.8 Å². The highest BCUT2D eigenvalue weighted by Gasteiger charge is 1.98. The van der Waals surface area contributed by atoms with Crippen LogP contribution in [0.25, 0.3) is 0 Å². The maximum Gasteiger partial charge on any atom is 0.140 e. The summed E-state index contributed by atoms with van der Waals surface area (Å²) >= 11 is 0. The molecule has 2 aromatic rings. The molecule has 4 nitrogen and oxygen atoms in total. The first-order valence-corrected chi connectivity index (χ1v) is 6.59. The van der Waals surface area contributed by atoms with Gasteiger partial charge in [-0.3, -0.25) is 0 Å². The van der Waals surface area contributed by atoms with Crippen LogP contribution in [-0.2, 0) is 13.1 Å². The van der Waals surface area contributed by atoms with Crippen LogP contribution >= 0.6 is 0 Å². The lowest BCUT2D eigenvalue weighted by Gasteiger charge is -2.08. The minimum Gasteiger partial charge on any atom is -0.494 e. The summed E-state index contributed by atoms with van der Waals surface area (Å²) in [5.74, 6) is 0.891. The summed E-state index contributed by atoms with van der Waals surface area (Å²) < 4.78 is 5.47. The number of pyridine rings is 1. The third-order valence-electron chi connectivity index (χ3n) is 2.81. The van der Waals surface area contributed by atoms with E-state index in [1.54, 1.807) is 12.3 Å². The zero-order valence-corrected chi connectivity index (χ0v) is 11.5. The number of nitrogens with one attached hydrogen (secondary N) is 1. The molecular weight excluding hydrogens is 250 g/mol. The van der Waals surface area contributed by atoms with Gasteiger partial charge in [-0.2, -0.15) is 5.26 Å². The van der Waals surface area contributed by atoms with Gasteiger partial charge in [-0.25, -0.2) is 4.98 Å². The topological polar surface area (TPSA) is 57.9 Å². The molecule has 102 valence electrons.